The van der Waals surface area contributed by atoms with Crippen molar-refractivity contribution in [1.82, 2.24) is 24.6 Å². The van der Waals surface area contributed by atoms with Crippen LogP contribution in [0.2, 0.25) is 0 Å². The largest absolute Gasteiger partial charge is 0.444 e. The molecule has 4 heterocycles. The fourth-order valence-electron chi connectivity index (χ4n) is 6.29. The number of hydrogen-bond acceptors (Lipinski definition) is 5. The van der Waals surface area contributed by atoms with E-state index in [1.54, 1.807) is 9.80 Å². The molecule has 2 aromatic heterocycles. The number of nitrogens with zero attached hydrogens (tertiary/aromatic N) is 5. The van der Waals surface area contributed by atoms with Gasteiger partial charge in [-0.25, -0.2) is 9.48 Å². The number of carbonyl (C=O) groups excluding carboxylic acids is 2. The standard InChI is InChI=1S/C27H33N5O3/c1-5-23(33)30-10-8-19-24-20(9-11-31(21(24)16-30)25(34)35-26(2,3)4)32(29-19)18-6-7-22(28-15-18)27-12-17(13-27)14-27/h5-7,15,17,21H,1,8-14,16H2,2-4H3. The van der Waals surface area contributed by atoms with Gasteiger partial charge in [0.05, 0.1) is 29.3 Å². The molecule has 0 radical (unpaired) electrons. The van der Waals surface area contributed by atoms with Crippen LogP contribution in [0.5, 0.6) is 0 Å². The van der Waals surface area contributed by atoms with Crippen LogP contribution < -0.4 is 0 Å². The monoisotopic (exact) mass is 475 g/mol. The van der Waals surface area contributed by atoms with Crippen LogP contribution in [0.25, 0.3) is 5.69 Å². The highest BCUT2D eigenvalue weighted by molar-refractivity contribution is 5.87. The fraction of sp³-hybridized carbons (Fsp3) is 0.556. The number of hydrogen-bond donors (Lipinski definition) is 0. The Morgan fingerprint density at radius 3 is 2.54 bits per heavy atom. The Bertz CT molecular complexity index is 1190. The molecule has 2 aromatic rings. The molecule has 3 aliphatic carbocycles. The quantitative estimate of drug-likeness (QED) is 0.632. The minimum atomic E-state index is -0.598. The van der Waals surface area contributed by atoms with Gasteiger partial charge in [-0.15, -0.1) is 0 Å². The van der Waals surface area contributed by atoms with Crippen molar-refractivity contribution in [2.75, 3.05) is 19.6 Å². The highest BCUT2D eigenvalue weighted by atomic mass is 16.6. The first-order chi connectivity index (χ1) is 16.7. The second kappa shape index (κ2) is 7.67. The van der Waals surface area contributed by atoms with Crippen molar-refractivity contribution in [3.05, 3.63) is 53.6 Å². The van der Waals surface area contributed by atoms with E-state index in [4.69, 9.17) is 14.8 Å². The number of amides is 2. The molecule has 1 atom stereocenters. The third-order valence-corrected chi connectivity index (χ3v) is 8.10. The number of ether oxygens (including phenoxy) is 1. The molecule has 3 saturated carbocycles. The molecule has 7 rings (SSSR count). The maximum atomic E-state index is 13.2. The van der Waals surface area contributed by atoms with Crippen LogP contribution >= 0.6 is 0 Å². The molecule has 35 heavy (non-hydrogen) atoms. The molecule has 184 valence electrons. The van der Waals surface area contributed by atoms with Crippen LogP contribution in [0.1, 0.15) is 68.7 Å². The first-order valence-corrected chi connectivity index (χ1v) is 12.7. The van der Waals surface area contributed by atoms with Gasteiger partial charge in [0.2, 0.25) is 5.91 Å². The van der Waals surface area contributed by atoms with Gasteiger partial charge in [-0.05, 0) is 64.2 Å². The molecule has 8 heteroatoms. The molecular weight excluding hydrogens is 442 g/mol. The normalized spacial score (nSPS) is 26.7. The fourth-order valence-corrected chi connectivity index (χ4v) is 6.29. The summed E-state index contributed by atoms with van der Waals surface area (Å²) in [4.78, 5) is 34.1. The summed E-state index contributed by atoms with van der Waals surface area (Å²) in [5.41, 5.74) is 4.97. The molecule has 0 saturated heterocycles. The Hall–Kier alpha value is -3.16. The average molecular weight is 476 g/mol. The van der Waals surface area contributed by atoms with Gasteiger partial charge in [0.1, 0.15) is 5.60 Å². The molecule has 0 N–H and O–H groups in total. The summed E-state index contributed by atoms with van der Waals surface area (Å²) in [6, 6.07) is 3.99. The summed E-state index contributed by atoms with van der Waals surface area (Å²) in [7, 11) is 0. The van der Waals surface area contributed by atoms with Crippen LogP contribution in [0.4, 0.5) is 4.79 Å². The molecule has 1 unspecified atom stereocenters. The number of rotatable bonds is 3. The molecular formula is C27H33N5O3. The Balaban J connectivity index is 1.36. The van der Waals surface area contributed by atoms with Gasteiger partial charge in [0.15, 0.2) is 0 Å². The zero-order chi connectivity index (χ0) is 24.5. The van der Waals surface area contributed by atoms with Crippen molar-refractivity contribution in [3.63, 3.8) is 0 Å². The topological polar surface area (TPSA) is 80.6 Å². The van der Waals surface area contributed by atoms with Gasteiger partial charge >= 0.3 is 6.09 Å². The van der Waals surface area contributed by atoms with Crippen LogP contribution in [-0.2, 0) is 27.8 Å². The van der Waals surface area contributed by atoms with Gasteiger partial charge in [-0.2, -0.15) is 5.10 Å². The van der Waals surface area contributed by atoms with Crippen molar-refractivity contribution < 1.29 is 14.3 Å². The van der Waals surface area contributed by atoms with Gasteiger partial charge in [-0.1, -0.05) is 6.58 Å². The van der Waals surface area contributed by atoms with E-state index in [9.17, 15) is 9.59 Å². The number of carbonyl (C=O) groups is 2. The lowest BCUT2D eigenvalue weighted by Gasteiger charge is -2.61. The predicted octanol–water partition coefficient (Wildman–Crippen LogP) is 3.72. The highest BCUT2D eigenvalue weighted by Crippen LogP contribution is 2.64. The van der Waals surface area contributed by atoms with E-state index in [0.717, 1.165) is 28.6 Å². The van der Waals surface area contributed by atoms with Crippen LogP contribution in [0, 0.1) is 5.92 Å². The van der Waals surface area contributed by atoms with Gasteiger partial charge < -0.3 is 9.64 Å². The van der Waals surface area contributed by atoms with Gasteiger partial charge in [0.25, 0.3) is 0 Å². The second-order valence-corrected chi connectivity index (χ2v) is 11.6. The minimum absolute atomic E-state index is 0.132. The first kappa shape index (κ1) is 22.3. The van der Waals surface area contributed by atoms with Crippen molar-refractivity contribution in [1.29, 1.82) is 0 Å². The van der Waals surface area contributed by atoms with Crippen LogP contribution in [0.15, 0.2) is 31.0 Å². The van der Waals surface area contributed by atoms with Crippen molar-refractivity contribution in [2.24, 2.45) is 5.92 Å². The summed E-state index contributed by atoms with van der Waals surface area (Å²) >= 11 is 0. The van der Waals surface area contributed by atoms with E-state index in [2.05, 4.69) is 18.7 Å². The van der Waals surface area contributed by atoms with E-state index in [1.165, 1.54) is 31.0 Å². The molecule has 0 aromatic carbocycles. The Morgan fingerprint density at radius 1 is 1.17 bits per heavy atom. The summed E-state index contributed by atoms with van der Waals surface area (Å²) < 4.78 is 7.74. The zero-order valence-electron chi connectivity index (χ0n) is 20.8. The Kier molecular flexibility index (Phi) is 4.89. The lowest BCUT2D eigenvalue weighted by molar-refractivity contribution is -0.126. The van der Waals surface area contributed by atoms with E-state index in [-0.39, 0.29) is 18.0 Å². The molecule has 2 bridgehead atoms. The maximum absolute atomic E-state index is 13.2. The van der Waals surface area contributed by atoms with E-state index >= 15 is 0 Å². The maximum Gasteiger partial charge on any atom is 0.410 e. The van der Waals surface area contributed by atoms with Crippen molar-refractivity contribution in [3.8, 4) is 5.69 Å². The number of pyridine rings is 1. The molecule has 2 aliphatic heterocycles. The third-order valence-electron chi connectivity index (χ3n) is 8.10. The van der Waals surface area contributed by atoms with Gasteiger partial charge in [0, 0.05) is 49.1 Å². The summed E-state index contributed by atoms with van der Waals surface area (Å²) in [5.74, 6) is 0.785. The molecule has 8 nitrogen and oxygen atoms in total. The minimum Gasteiger partial charge on any atom is -0.444 e. The predicted molar refractivity (Wildman–Crippen MR) is 130 cm³/mol. The van der Waals surface area contributed by atoms with Crippen LogP contribution in [-0.4, -0.2) is 61.8 Å². The molecule has 0 spiro atoms. The Morgan fingerprint density at radius 2 is 1.94 bits per heavy atom. The van der Waals surface area contributed by atoms with E-state index in [1.807, 2.05) is 31.6 Å². The Labute approximate surface area is 205 Å². The summed E-state index contributed by atoms with van der Waals surface area (Å²) in [6.07, 6.45) is 8.06. The first-order valence-electron chi connectivity index (χ1n) is 12.7. The van der Waals surface area contributed by atoms with Crippen molar-refractivity contribution >= 4 is 12.0 Å². The number of aromatic nitrogens is 3. The average Bonchev–Trinajstić information content (AvgIpc) is 3.01. The van der Waals surface area contributed by atoms with Crippen molar-refractivity contribution in [2.45, 2.75) is 69.9 Å². The third kappa shape index (κ3) is 3.56. The van der Waals surface area contributed by atoms with Crippen LogP contribution in [0.3, 0.4) is 0 Å². The van der Waals surface area contributed by atoms with Gasteiger partial charge in [-0.3, -0.25) is 14.7 Å². The summed E-state index contributed by atoms with van der Waals surface area (Å²) in [5, 5.41) is 5.00. The van der Waals surface area contributed by atoms with E-state index < -0.39 is 5.60 Å². The SMILES string of the molecule is C=CC(=O)N1CCc2nn(-c3ccc(C45CC(C4)C5)nc3)c3c2C(C1)N(C(=O)OC(C)(C)C)CC3. The highest BCUT2D eigenvalue weighted by Gasteiger charge is 2.58. The zero-order valence-corrected chi connectivity index (χ0v) is 20.8. The summed E-state index contributed by atoms with van der Waals surface area (Å²) in [6.45, 7) is 10.7. The molecule has 2 amide bonds. The molecule has 5 aliphatic rings. The smallest absolute Gasteiger partial charge is 0.410 e. The second-order valence-electron chi connectivity index (χ2n) is 11.6. The molecule has 3 fully saturated rings. The van der Waals surface area contributed by atoms with E-state index in [0.29, 0.717) is 37.9 Å². The lowest BCUT2D eigenvalue weighted by Crippen LogP contribution is -2.55. The lowest BCUT2D eigenvalue weighted by atomic mass is 9.43.